The highest BCUT2D eigenvalue weighted by Gasteiger charge is 2.62. The summed E-state index contributed by atoms with van der Waals surface area (Å²) in [6, 6.07) is 13.1. The number of hydrogen-bond acceptors (Lipinski definition) is 9. The molecule has 37 heavy (non-hydrogen) atoms. The number of barbiturate groups is 1. The molecule has 0 saturated carbocycles. The summed E-state index contributed by atoms with van der Waals surface area (Å²) in [6.45, 7) is 4.26. The zero-order valence-electron chi connectivity index (χ0n) is 20.0. The fraction of sp³-hybridized carbons (Fsp3) is 0.308. The molecule has 1 spiro atoms. The quantitative estimate of drug-likeness (QED) is 0.507. The summed E-state index contributed by atoms with van der Waals surface area (Å²) in [7, 11) is 0. The first kappa shape index (κ1) is 22.9. The van der Waals surface area contributed by atoms with Gasteiger partial charge < -0.3 is 14.2 Å². The van der Waals surface area contributed by atoms with Crippen molar-refractivity contribution >= 4 is 23.5 Å². The Morgan fingerprint density at radius 3 is 2.46 bits per heavy atom. The molecule has 0 bridgehead atoms. The van der Waals surface area contributed by atoms with E-state index in [2.05, 4.69) is 26.8 Å². The average molecular weight is 498 g/mol. The summed E-state index contributed by atoms with van der Waals surface area (Å²) >= 11 is 0. The van der Waals surface area contributed by atoms with Crippen molar-refractivity contribution in [2.45, 2.75) is 38.5 Å². The molecule has 11 heteroatoms. The Bertz CT molecular complexity index is 1470. The number of nitrogens with one attached hydrogen (secondary N) is 2. The highest BCUT2D eigenvalue weighted by atomic mass is 16.5. The van der Waals surface area contributed by atoms with Crippen LogP contribution in [0.2, 0.25) is 0 Å². The summed E-state index contributed by atoms with van der Waals surface area (Å²) in [5, 5.41) is 17.7. The van der Waals surface area contributed by atoms with Crippen molar-refractivity contribution in [3.8, 4) is 28.9 Å². The molecule has 11 nitrogen and oxygen atoms in total. The third-order valence-electron chi connectivity index (χ3n) is 7.25. The van der Waals surface area contributed by atoms with Crippen LogP contribution in [0.1, 0.15) is 25.0 Å². The molecule has 4 amide bonds. The van der Waals surface area contributed by atoms with Gasteiger partial charge in [0.15, 0.2) is 5.41 Å². The van der Waals surface area contributed by atoms with E-state index in [1.54, 1.807) is 24.3 Å². The van der Waals surface area contributed by atoms with Crippen molar-refractivity contribution < 1.29 is 23.6 Å². The predicted octanol–water partition coefficient (Wildman–Crippen LogP) is 2.17. The van der Waals surface area contributed by atoms with Gasteiger partial charge >= 0.3 is 6.03 Å². The maximum atomic E-state index is 13.3. The molecular formula is C26H22N6O5. The lowest BCUT2D eigenvalue weighted by molar-refractivity contribution is -0.153. The van der Waals surface area contributed by atoms with E-state index in [1.165, 1.54) is 0 Å². The van der Waals surface area contributed by atoms with Crippen LogP contribution >= 0.6 is 0 Å². The predicted molar refractivity (Wildman–Crippen MR) is 129 cm³/mol. The number of hydrogen-bond donors (Lipinski definition) is 2. The average Bonchev–Trinajstić information content (AvgIpc) is 3.37. The van der Waals surface area contributed by atoms with Crippen LogP contribution in [0.25, 0.3) is 22.8 Å². The lowest BCUT2D eigenvalue weighted by atomic mass is 9.66. The minimum absolute atomic E-state index is 0.0741. The molecule has 3 atom stereocenters. The first-order chi connectivity index (χ1) is 17.8. The van der Waals surface area contributed by atoms with Gasteiger partial charge in [0.05, 0.1) is 29.9 Å². The number of fused-ring (bicyclic) bond motifs is 4. The van der Waals surface area contributed by atoms with Gasteiger partial charge in [-0.15, -0.1) is 0 Å². The summed E-state index contributed by atoms with van der Waals surface area (Å²) in [4.78, 5) is 45.1. The van der Waals surface area contributed by atoms with Crippen LogP contribution in [0.15, 0.2) is 47.0 Å². The first-order valence-electron chi connectivity index (χ1n) is 11.9. The van der Waals surface area contributed by atoms with Crippen molar-refractivity contribution in [3.05, 3.63) is 53.6 Å². The number of imide groups is 2. The van der Waals surface area contributed by atoms with E-state index in [9.17, 15) is 14.4 Å². The van der Waals surface area contributed by atoms with Crippen LogP contribution in [-0.4, -0.2) is 52.8 Å². The molecular weight excluding hydrogens is 476 g/mol. The van der Waals surface area contributed by atoms with Gasteiger partial charge in [0, 0.05) is 23.4 Å². The number of amides is 4. The maximum Gasteiger partial charge on any atom is 0.328 e. The maximum absolute atomic E-state index is 13.3. The Morgan fingerprint density at radius 1 is 1.05 bits per heavy atom. The Labute approximate surface area is 211 Å². The van der Waals surface area contributed by atoms with E-state index < -0.39 is 35.4 Å². The highest BCUT2D eigenvalue weighted by molar-refractivity contribution is 6.20. The summed E-state index contributed by atoms with van der Waals surface area (Å²) in [5.74, 6) is -0.635. The molecule has 1 aromatic heterocycles. The standard InChI is InChI=1S/C26H22N6O5/c1-13-12-32-19-8-7-17(21-28-22(37-31-21)16-5-3-15(11-27)4-6-16)9-18(19)10-26(20(32)14(2)36-13)23(33)29-25(35)30-24(26)34/h3-9,13-14,20H,10,12H2,1-2H3,(H2,29,30,33,34,35)/t13-,14+,20-/m1/s1. The number of aromatic nitrogens is 2. The molecule has 4 heterocycles. The topological polar surface area (TPSA) is 150 Å². The zero-order valence-corrected chi connectivity index (χ0v) is 20.0. The van der Waals surface area contributed by atoms with E-state index in [1.807, 2.05) is 36.9 Å². The number of benzene rings is 2. The van der Waals surface area contributed by atoms with Crippen LogP contribution in [0.3, 0.4) is 0 Å². The first-order valence-corrected chi connectivity index (χ1v) is 11.9. The molecule has 6 rings (SSSR count). The van der Waals surface area contributed by atoms with Crippen LogP contribution in [0, 0.1) is 16.7 Å². The van der Waals surface area contributed by atoms with Crippen molar-refractivity contribution in [3.63, 3.8) is 0 Å². The molecule has 0 radical (unpaired) electrons. The third-order valence-corrected chi connectivity index (χ3v) is 7.25. The lowest BCUT2D eigenvalue weighted by Crippen LogP contribution is -2.75. The van der Waals surface area contributed by atoms with Crippen LogP contribution in [0.4, 0.5) is 10.5 Å². The number of ether oxygens (including phenoxy) is 1. The number of carbonyl (C=O) groups excluding carboxylic acids is 3. The van der Waals surface area contributed by atoms with E-state index in [0.717, 1.165) is 11.3 Å². The Hall–Kier alpha value is -4.56. The Kier molecular flexibility index (Phi) is 5.10. The van der Waals surface area contributed by atoms with Gasteiger partial charge in [-0.3, -0.25) is 20.2 Å². The number of anilines is 1. The zero-order chi connectivity index (χ0) is 25.9. The molecule has 0 unspecified atom stereocenters. The minimum atomic E-state index is -1.55. The number of morpholine rings is 1. The van der Waals surface area contributed by atoms with Crippen LogP contribution in [0.5, 0.6) is 0 Å². The summed E-state index contributed by atoms with van der Waals surface area (Å²) < 4.78 is 11.5. The number of nitriles is 1. The molecule has 186 valence electrons. The fourth-order valence-electron chi connectivity index (χ4n) is 5.73. The highest BCUT2D eigenvalue weighted by Crippen LogP contribution is 2.47. The lowest BCUT2D eigenvalue weighted by Gasteiger charge is -2.55. The number of rotatable bonds is 2. The Balaban J connectivity index is 1.42. The molecule has 2 fully saturated rings. The second kappa shape index (κ2) is 8.25. The monoisotopic (exact) mass is 498 g/mol. The molecule has 2 aromatic carbocycles. The van der Waals surface area contributed by atoms with Gasteiger partial charge in [0.25, 0.3) is 5.89 Å². The summed E-state index contributed by atoms with van der Waals surface area (Å²) in [5.41, 5.74) is 1.93. The van der Waals surface area contributed by atoms with E-state index in [-0.39, 0.29) is 12.5 Å². The Morgan fingerprint density at radius 2 is 1.76 bits per heavy atom. The van der Waals surface area contributed by atoms with Crippen molar-refractivity contribution in [2.24, 2.45) is 5.41 Å². The molecule has 3 aromatic rings. The van der Waals surface area contributed by atoms with Crippen molar-refractivity contribution in [1.29, 1.82) is 5.26 Å². The normalized spacial score (nSPS) is 24.1. The van der Waals surface area contributed by atoms with E-state index in [0.29, 0.717) is 35.0 Å². The number of carbonyl (C=O) groups is 3. The molecule has 0 aliphatic carbocycles. The van der Waals surface area contributed by atoms with Crippen LogP contribution < -0.4 is 15.5 Å². The van der Waals surface area contributed by atoms with Gasteiger partial charge in [-0.2, -0.15) is 10.2 Å². The number of urea groups is 1. The van der Waals surface area contributed by atoms with Gasteiger partial charge in [-0.05, 0) is 68.3 Å². The van der Waals surface area contributed by atoms with Gasteiger partial charge in [-0.25, -0.2) is 4.79 Å². The second-order valence-corrected chi connectivity index (χ2v) is 9.59. The smallest absolute Gasteiger partial charge is 0.328 e. The molecule has 3 aliphatic rings. The summed E-state index contributed by atoms with van der Waals surface area (Å²) in [6.07, 6.45) is -0.490. The van der Waals surface area contributed by atoms with Gasteiger partial charge in [0.1, 0.15) is 0 Å². The van der Waals surface area contributed by atoms with E-state index >= 15 is 0 Å². The van der Waals surface area contributed by atoms with Crippen molar-refractivity contribution in [2.75, 3.05) is 11.4 Å². The van der Waals surface area contributed by atoms with Gasteiger partial charge in [0.2, 0.25) is 17.6 Å². The SMILES string of the molecule is C[C@@H]1CN2c3ccc(-c4noc(-c5ccc(C#N)cc5)n4)cc3CC3(C(=O)NC(=O)NC3=O)[C@H]2[C@H](C)O1. The number of nitrogens with zero attached hydrogens (tertiary/aromatic N) is 4. The fourth-order valence-corrected chi connectivity index (χ4v) is 5.73. The van der Waals surface area contributed by atoms with E-state index in [4.69, 9.17) is 14.5 Å². The van der Waals surface area contributed by atoms with Crippen LogP contribution in [-0.2, 0) is 20.7 Å². The van der Waals surface area contributed by atoms with Crippen molar-refractivity contribution in [1.82, 2.24) is 20.8 Å². The largest absolute Gasteiger partial charge is 0.372 e. The molecule has 3 aliphatic heterocycles. The second-order valence-electron chi connectivity index (χ2n) is 9.59. The minimum Gasteiger partial charge on any atom is -0.372 e. The molecule has 2 N–H and O–H groups in total. The molecule has 2 saturated heterocycles. The third kappa shape index (κ3) is 3.48. The van der Waals surface area contributed by atoms with Gasteiger partial charge in [-0.1, -0.05) is 5.16 Å².